The van der Waals surface area contributed by atoms with E-state index in [2.05, 4.69) is 5.32 Å². The number of carboxylic acids is 1. The average Bonchev–Trinajstić information content (AvgIpc) is 2.73. The minimum Gasteiger partial charge on any atom is -0.481 e. The van der Waals surface area contributed by atoms with Crippen LogP contribution >= 0.6 is 0 Å². The molecule has 19 heavy (non-hydrogen) atoms. The summed E-state index contributed by atoms with van der Waals surface area (Å²) in [4.78, 5) is 21.6. The predicted molar refractivity (Wildman–Crippen MR) is 70.1 cm³/mol. The number of carbonyl (C=O) groups is 1. The summed E-state index contributed by atoms with van der Waals surface area (Å²) in [6.07, 6.45) is 2.22. The van der Waals surface area contributed by atoms with Gasteiger partial charge in [0.05, 0.1) is 10.3 Å². The molecule has 0 aliphatic heterocycles. The van der Waals surface area contributed by atoms with E-state index in [1.807, 2.05) is 0 Å². The van der Waals surface area contributed by atoms with Crippen LogP contribution in [0.4, 0.5) is 11.4 Å². The molecule has 0 spiro atoms. The quantitative estimate of drug-likeness (QED) is 0.644. The van der Waals surface area contributed by atoms with Gasteiger partial charge in [0.2, 0.25) is 0 Å². The Balaban J connectivity index is 2.19. The maximum atomic E-state index is 11.4. The first-order valence-electron chi connectivity index (χ1n) is 6.18. The van der Waals surface area contributed by atoms with Crippen LogP contribution in [0, 0.1) is 15.5 Å². The second kappa shape index (κ2) is 4.87. The minimum atomic E-state index is -0.826. The molecule has 102 valence electrons. The number of hydrogen-bond acceptors (Lipinski definition) is 4. The summed E-state index contributed by atoms with van der Waals surface area (Å²) in [6.45, 7) is 1.72. The molecule has 1 aliphatic carbocycles. The van der Waals surface area contributed by atoms with Gasteiger partial charge in [-0.05, 0) is 25.8 Å². The number of anilines is 1. The van der Waals surface area contributed by atoms with Gasteiger partial charge in [-0.25, -0.2) is 0 Å². The molecule has 2 atom stereocenters. The SMILES string of the molecule is CC1(C(=O)O)CCCC1Nc1cccc([N+](=O)[O-])c1. The van der Waals surface area contributed by atoms with Crippen molar-refractivity contribution in [2.75, 3.05) is 5.32 Å². The fourth-order valence-corrected chi connectivity index (χ4v) is 2.56. The highest BCUT2D eigenvalue weighted by atomic mass is 16.6. The minimum absolute atomic E-state index is 0.0000231. The van der Waals surface area contributed by atoms with Crippen LogP contribution in [0.25, 0.3) is 0 Å². The molecule has 0 heterocycles. The van der Waals surface area contributed by atoms with E-state index >= 15 is 0 Å². The van der Waals surface area contributed by atoms with Crippen molar-refractivity contribution in [2.24, 2.45) is 5.41 Å². The van der Waals surface area contributed by atoms with E-state index in [1.165, 1.54) is 12.1 Å². The average molecular weight is 264 g/mol. The maximum Gasteiger partial charge on any atom is 0.311 e. The van der Waals surface area contributed by atoms with Gasteiger partial charge in [0, 0.05) is 23.9 Å². The molecule has 0 radical (unpaired) electrons. The Morgan fingerprint density at radius 3 is 2.95 bits per heavy atom. The Bertz CT molecular complexity index is 517. The Hall–Kier alpha value is -2.11. The number of benzene rings is 1. The molecule has 2 unspecified atom stereocenters. The summed E-state index contributed by atoms with van der Waals surface area (Å²) in [7, 11) is 0. The first kappa shape index (κ1) is 13.3. The normalized spacial score (nSPS) is 26.1. The molecule has 1 aromatic carbocycles. The Morgan fingerprint density at radius 2 is 2.32 bits per heavy atom. The van der Waals surface area contributed by atoms with Gasteiger partial charge in [-0.15, -0.1) is 0 Å². The van der Waals surface area contributed by atoms with E-state index in [1.54, 1.807) is 19.1 Å². The third-order valence-electron chi connectivity index (χ3n) is 3.84. The summed E-state index contributed by atoms with van der Waals surface area (Å²) in [6, 6.07) is 5.95. The van der Waals surface area contributed by atoms with Gasteiger partial charge in [-0.2, -0.15) is 0 Å². The van der Waals surface area contributed by atoms with E-state index in [0.717, 1.165) is 12.8 Å². The fraction of sp³-hybridized carbons (Fsp3) is 0.462. The van der Waals surface area contributed by atoms with Crippen LogP contribution in [0.15, 0.2) is 24.3 Å². The molecule has 0 bridgehead atoms. The zero-order valence-corrected chi connectivity index (χ0v) is 10.6. The summed E-state index contributed by atoms with van der Waals surface area (Å²) in [5.41, 5.74) is -0.224. The number of aliphatic carboxylic acids is 1. The number of non-ortho nitro benzene ring substituents is 1. The number of nitro benzene ring substituents is 1. The predicted octanol–water partition coefficient (Wildman–Crippen LogP) is 2.65. The van der Waals surface area contributed by atoms with E-state index in [4.69, 9.17) is 0 Å². The highest BCUT2D eigenvalue weighted by molar-refractivity contribution is 5.76. The number of nitrogens with one attached hydrogen (secondary N) is 1. The number of nitrogens with zero attached hydrogens (tertiary/aromatic N) is 1. The molecular formula is C13H16N2O4. The molecule has 1 aliphatic rings. The maximum absolute atomic E-state index is 11.4. The molecule has 2 rings (SSSR count). The van der Waals surface area contributed by atoms with Crippen LogP contribution < -0.4 is 5.32 Å². The van der Waals surface area contributed by atoms with Crippen molar-refractivity contribution >= 4 is 17.3 Å². The third-order valence-corrected chi connectivity index (χ3v) is 3.84. The van der Waals surface area contributed by atoms with E-state index < -0.39 is 16.3 Å². The molecule has 1 fully saturated rings. The summed E-state index contributed by atoms with van der Waals surface area (Å²) in [5, 5.41) is 23.1. The molecule has 1 saturated carbocycles. The van der Waals surface area contributed by atoms with Gasteiger partial charge in [0.1, 0.15) is 0 Å². The smallest absolute Gasteiger partial charge is 0.311 e. The van der Waals surface area contributed by atoms with Crippen LogP contribution in [-0.2, 0) is 4.79 Å². The second-order valence-corrected chi connectivity index (χ2v) is 5.12. The highest BCUT2D eigenvalue weighted by Crippen LogP contribution is 2.40. The van der Waals surface area contributed by atoms with Crippen molar-refractivity contribution in [3.8, 4) is 0 Å². The molecule has 2 N–H and O–H groups in total. The van der Waals surface area contributed by atoms with Crippen molar-refractivity contribution in [1.82, 2.24) is 0 Å². The lowest BCUT2D eigenvalue weighted by atomic mass is 9.85. The zero-order valence-electron chi connectivity index (χ0n) is 10.6. The van der Waals surface area contributed by atoms with Gasteiger partial charge >= 0.3 is 5.97 Å². The van der Waals surface area contributed by atoms with Crippen molar-refractivity contribution in [1.29, 1.82) is 0 Å². The first-order valence-corrected chi connectivity index (χ1v) is 6.18. The number of rotatable bonds is 4. The van der Waals surface area contributed by atoms with Crippen LogP contribution in [0.3, 0.4) is 0 Å². The van der Waals surface area contributed by atoms with Gasteiger partial charge in [-0.1, -0.05) is 12.5 Å². The topological polar surface area (TPSA) is 92.5 Å². The Labute approximate surface area is 110 Å². The van der Waals surface area contributed by atoms with Crippen molar-refractivity contribution in [3.63, 3.8) is 0 Å². The van der Waals surface area contributed by atoms with Crippen molar-refractivity contribution < 1.29 is 14.8 Å². The van der Waals surface area contributed by atoms with Crippen LogP contribution in [-0.4, -0.2) is 22.0 Å². The van der Waals surface area contributed by atoms with Crippen LogP contribution in [0.1, 0.15) is 26.2 Å². The molecule has 1 aromatic rings. The Morgan fingerprint density at radius 1 is 1.58 bits per heavy atom. The lowest BCUT2D eigenvalue weighted by Gasteiger charge is -2.28. The van der Waals surface area contributed by atoms with Crippen LogP contribution in [0.2, 0.25) is 0 Å². The molecular weight excluding hydrogens is 248 g/mol. The van der Waals surface area contributed by atoms with Gasteiger partial charge in [0.15, 0.2) is 0 Å². The van der Waals surface area contributed by atoms with E-state index in [9.17, 15) is 20.0 Å². The highest BCUT2D eigenvalue weighted by Gasteiger charge is 2.45. The molecule has 0 aromatic heterocycles. The lowest BCUT2D eigenvalue weighted by molar-refractivity contribution is -0.384. The monoisotopic (exact) mass is 264 g/mol. The number of hydrogen-bond donors (Lipinski definition) is 2. The molecule has 0 amide bonds. The van der Waals surface area contributed by atoms with E-state index in [0.29, 0.717) is 12.1 Å². The van der Waals surface area contributed by atoms with Crippen molar-refractivity contribution in [3.05, 3.63) is 34.4 Å². The largest absolute Gasteiger partial charge is 0.481 e. The lowest BCUT2D eigenvalue weighted by Crippen LogP contribution is -2.40. The van der Waals surface area contributed by atoms with E-state index in [-0.39, 0.29) is 11.7 Å². The zero-order chi connectivity index (χ0) is 14.0. The summed E-state index contributed by atoms with van der Waals surface area (Å²) in [5.74, 6) is -0.826. The van der Waals surface area contributed by atoms with Gasteiger partial charge < -0.3 is 10.4 Å². The van der Waals surface area contributed by atoms with Crippen LogP contribution in [0.5, 0.6) is 0 Å². The molecule has 6 nitrogen and oxygen atoms in total. The Kier molecular flexibility index (Phi) is 3.42. The molecule has 0 saturated heterocycles. The first-order chi connectivity index (χ1) is 8.93. The second-order valence-electron chi connectivity index (χ2n) is 5.12. The van der Waals surface area contributed by atoms with Gasteiger partial charge in [-0.3, -0.25) is 14.9 Å². The fourth-order valence-electron chi connectivity index (χ4n) is 2.56. The third kappa shape index (κ3) is 2.52. The van der Waals surface area contributed by atoms with Crippen molar-refractivity contribution in [2.45, 2.75) is 32.2 Å². The van der Waals surface area contributed by atoms with Gasteiger partial charge in [0.25, 0.3) is 5.69 Å². The standard InChI is InChI=1S/C13H16N2O4/c1-13(12(16)17)7-3-6-11(13)14-9-4-2-5-10(8-9)15(18)19/h2,4-5,8,11,14H,3,6-7H2,1H3,(H,16,17). The summed E-state index contributed by atoms with van der Waals surface area (Å²) >= 11 is 0. The molecule has 6 heteroatoms. The number of nitro groups is 1. The number of carboxylic acid groups (broad SMARTS) is 1. The summed E-state index contributed by atoms with van der Waals surface area (Å²) < 4.78 is 0.